The highest BCUT2D eigenvalue weighted by atomic mass is 15.2. The van der Waals surface area contributed by atoms with E-state index in [9.17, 15) is 0 Å². The second kappa shape index (κ2) is 3.74. The molecule has 3 heteroatoms. The van der Waals surface area contributed by atoms with Gasteiger partial charge in [-0.15, -0.1) is 0 Å². The lowest BCUT2D eigenvalue weighted by Crippen LogP contribution is -2.16. The third-order valence-corrected chi connectivity index (χ3v) is 4.53. The largest absolute Gasteiger partial charge is 0.369 e. The van der Waals surface area contributed by atoms with Crippen LogP contribution >= 0.6 is 0 Å². The van der Waals surface area contributed by atoms with Crippen LogP contribution in [0.1, 0.15) is 25.7 Å². The van der Waals surface area contributed by atoms with E-state index < -0.39 is 0 Å². The van der Waals surface area contributed by atoms with Crippen molar-refractivity contribution in [3.05, 3.63) is 24.3 Å². The summed E-state index contributed by atoms with van der Waals surface area (Å²) in [4.78, 5) is 4.47. The van der Waals surface area contributed by atoms with Gasteiger partial charge in [0.25, 0.3) is 0 Å². The van der Waals surface area contributed by atoms with Crippen molar-refractivity contribution < 1.29 is 0 Å². The maximum atomic E-state index is 6.09. The van der Waals surface area contributed by atoms with Crippen LogP contribution in [0.5, 0.6) is 0 Å². The normalized spacial score (nSPS) is 19.8. The minimum Gasteiger partial charge on any atom is -0.369 e. The lowest BCUT2D eigenvalue weighted by molar-refractivity contribution is 0.355. The van der Waals surface area contributed by atoms with Gasteiger partial charge in [0.05, 0.1) is 11.0 Å². The summed E-state index contributed by atoms with van der Waals surface area (Å²) >= 11 is 0. The smallest absolute Gasteiger partial charge is 0.201 e. The van der Waals surface area contributed by atoms with E-state index in [0.717, 1.165) is 29.8 Å². The van der Waals surface area contributed by atoms with Crippen LogP contribution in [0.3, 0.4) is 0 Å². The molecule has 1 aromatic carbocycles. The number of imidazole rings is 1. The van der Waals surface area contributed by atoms with Gasteiger partial charge in [-0.2, -0.15) is 0 Å². The van der Waals surface area contributed by atoms with E-state index in [0.29, 0.717) is 5.95 Å². The molecule has 94 valence electrons. The zero-order valence-corrected chi connectivity index (χ0v) is 10.5. The van der Waals surface area contributed by atoms with E-state index in [1.165, 1.54) is 31.2 Å². The Hall–Kier alpha value is -1.51. The van der Waals surface area contributed by atoms with Gasteiger partial charge in [0.1, 0.15) is 0 Å². The average Bonchev–Trinajstić information content (AvgIpc) is 3.25. The minimum absolute atomic E-state index is 0.683. The number of anilines is 1. The lowest BCUT2D eigenvalue weighted by atomic mass is 9.98. The molecule has 0 bridgehead atoms. The average molecular weight is 241 g/mol. The Morgan fingerprint density at radius 1 is 1.17 bits per heavy atom. The zero-order chi connectivity index (χ0) is 12.1. The molecular weight excluding hydrogens is 222 g/mol. The SMILES string of the molecule is Nc1nc2ccccc2n1CC(C1CC1)C1CC1. The molecule has 2 N–H and O–H groups in total. The Morgan fingerprint density at radius 2 is 1.83 bits per heavy atom. The fourth-order valence-electron chi connectivity index (χ4n) is 3.23. The number of aromatic nitrogens is 2. The Bertz CT molecular complexity index is 566. The molecule has 0 atom stereocenters. The molecule has 2 saturated carbocycles. The first-order chi connectivity index (χ1) is 8.83. The summed E-state index contributed by atoms with van der Waals surface area (Å²) in [7, 11) is 0. The van der Waals surface area contributed by atoms with Gasteiger partial charge in [-0.1, -0.05) is 12.1 Å². The van der Waals surface area contributed by atoms with Crippen LogP contribution in [0.25, 0.3) is 11.0 Å². The predicted molar refractivity (Wildman–Crippen MR) is 73.1 cm³/mol. The van der Waals surface area contributed by atoms with Crippen molar-refractivity contribution in [2.45, 2.75) is 32.2 Å². The summed E-state index contributed by atoms with van der Waals surface area (Å²) in [6.07, 6.45) is 5.70. The quantitative estimate of drug-likeness (QED) is 0.894. The third-order valence-electron chi connectivity index (χ3n) is 4.53. The predicted octanol–water partition coefficient (Wildman–Crippen LogP) is 3.05. The van der Waals surface area contributed by atoms with Crippen LogP contribution in [0.2, 0.25) is 0 Å². The van der Waals surface area contributed by atoms with Gasteiger partial charge in [0, 0.05) is 6.54 Å². The van der Waals surface area contributed by atoms with E-state index in [1.54, 1.807) is 0 Å². The molecule has 3 nitrogen and oxygen atoms in total. The van der Waals surface area contributed by atoms with Gasteiger partial charge in [0.2, 0.25) is 5.95 Å². The third kappa shape index (κ3) is 1.69. The summed E-state index contributed by atoms with van der Waals surface area (Å²) in [5.41, 5.74) is 8.32. The second-order valence-electron chi connectivity index (χ2n) is 5.91. The van der Waals surface area contributed by atoms with Crippen LogP contribution in [-0.4, -0.2) is 9.55 Å². The standard InChI is InChI=1S/C15H19N3/c16-15-17-13-3-1-2-4-14(13)18(15)9-12(10-5-6-10)11-7-8-11/h1-4,10-12H,5-9H2,(H2,16,17). The minimum atomic E-state index is 0.683. The van der Waals surface area contributed by atoms with Crippen molar-refractivity contribution >= 4 is 17.0 Å². The van der Waals surface area contributed by atoms with E-state index in [4.69, 9.17) is 5.73 Å². The van der Waals surface area contributed by atoms with Crippen LogP contribution in [-0.2, 0) is 6.54 Å². The summed E-state index contributed by atoms with van der Waals surface area (Å²) < 4.78 is 2.23. The molecule has 2 fully saturated rings. The van der Waals surface area contributed by atoms with Gasteiger partial charge < -0.3 is 10.3 Å². The molecule has 0 unspecified atom stereocenters. The molecule has 2 aliphatic carbocycles. The Labute approximate surface area is 107 Å². The number of nitrogen functional groups attached to an aromatic ring is 1. The van der Waals surface area contributed by atoms with Crippen molar-refractivity contribution in [2.24, 2.45) is 17.8 Å². The molecule has 0 saturated heterocycles. The van der Waals surface area contributed by atoms with Gasteiger partial charge in [-0.25, -0.2) is 4.98 Å². The summed E-state index contributed by atoms with van der Waals surface area (Å²) in [6.45, 7) is 1.07. The highest BCUT2D eigenvalue weighted by Gasteiger charge is 2.41. The first-order valence-electron chi connectivity index (χ1n) is 7.03. The number of rotatable bonds is 4. The van der Waals surface area contributed by atoms with Gasteiger partial charge in [-0.3, -0.25) is 0 Å². The number of benzene rings is 1. The zero-order valence-electron chi connectivity index (χ0n) is 10.5. The molecule has 4 rings (SSSR count). The Balaban J connectivity index is 1.70. The molecule has 2 aliphatic rings. The topological polar surface area (TPSA) is 43.8 Å². The fourth-order valence-corrected chi connectivity index (χ4v) is 3.23. The van der Waals surface area contributed by atoms with Crippen molar-refractivity contribution in [1.82, 2.24) is 9.55 Å². The number of fused-ring (bicyclic) bond motifs is 1. The molecule has 1 heterocycles. The van der Waals surface area contributed by atoms with E-state index in [1.807, 2.05) is 12.1 Å². The lowest BCUT2D eigenvalue weighted by Gasteiger charge is -2.17. The summed E-state index contributed by atoms with van der Waals surface area (Å²) in [6, 6.07) is 8.28. The highest BCUT2D eigenvalue weighted by molar-refractivity contribution is 5.78. The Kier molecular flexibility index (Phi) is 2.16. The van der Waals surface area contributed by atoms with E-state index >= 15 is 0 Å². The first kappa shape index (κ1) is 10.4. The maximum Gasteiger partial charge on any atom is 0.201 e. The molecule has 1 aromatic heterocycles. The summed E-state index contributed by atoms with van der Waals surface area (Å²) in [5, 5.41) is 0. The van der Waals surface area contributed by atoms with Crippen LogP contribution < -0.4 is 5.73 Å². The maximum absolute atomic E-state index is 6.09. The number of para-hydroxylation sites is 2. The van der Waals surface area contributed by atoms with Crippen molar-refractivity contribution in [1.29, 1.82) is 0 Å². The summed E-state index contributed by atoms with van der Waals surface area (Å²) in [5.74, 6) is 3.43. The number of nitrogens with two attached hydrogens (primary N) is 1. The number of hydrogen-bond acceptors (Lipinski definition) is 2. The molecule has 0 radical (unpaired) electrons. The monoisotopic (exact) mass is 241 g/mol. The van der Waals surface area contributed by atoms with Crippen molar-refractivity contribution in [2.75, 3.05) is 5.73 Å². The van der Waals surface area contributed by atoms with Crippen LogP contribution in [0.4, 0.5) is 5.95 Å². The fraction of sp³-hybridized carbons (Fsp3) is 0.533. The van der Waals surface area contributed by atoms with Crippen LogP contribution in [0, 0.1) is 17.8 Å². The Morgan fingerprint density at radius 3 is 2.50 bits per heavy atom. The van der Waals surface area contributed by atoms with Crippen LogP contribution in [0.15, 0.2) is 24.3 Å². The van der Waals surface area contributed by atoms with Gasteiger partial charge >= 0.3 is 0 Å². The highest BCUT2D eigenvalue weighted by Crippen LogP contribution is 2.50. The second-order valence-corrected chi connectivity index (χ2v) is 5.91. The molecule has 2 aromatic rings. The van der Waals surface area contributed by atoms with Gasteiger partial charge in [0.15, 0.2) is 0 Å². The molecule has 18 heavy (non-hydrogen) atoms. The number of hydrogen-bond donors (Lipinski definition) is 1. The van der Waals surface area contributed by atoms with E-state index in [-0.39, 0.29) is 0 Å². The van der Waals surface area contributed by atoms with Crippen molar-refractivity contribution in [3.63, 3.8) is 0 Å². The number of nitrogens with zero attached hydrogens (tertiary/aromatic N) is 2. The molecule has 0 aliphatic heterocycles. The van der Waals surface area contributed by atoms with Crippen molar-refractivity contribution in [3.8, 4) is 0 Å². The van der Waals surface area contributed by atoms with Gasteiger partial charge in [-0.05, 0) is 55.6 Å². The molecular formula is C15H19N3. The molecule has 0 spiro atoms. The van der Waals surface area contributed by atoms with E-state index in [2.05, 4.69) is 21.7 Å². The first-order valence-corrected chi connectivity index (χ1v) is 7.03. The molecule has 0 amide bonds.